The van der Waals surface area contributed by atoms with Crippen molar-refractivity contribution in [3.8, 4) is 0 Å². The van der Waals surface area contributed by atoms with Crippen LogP contribution >= 0.6 is 0 Å². The third-order valence-corrected chi connectivity index (χ3v) is 1.66. The average molecular weight is 237 g/mol. The standard InChI is InChI=1S/C9H4F5NO/c10-5-3(1-2-4(15)16)6(11)8(13)9(14)7(5)12/h1-2H,(H2,15,16)/b2-1+. The molecular formula is C9H4F5NO. The van der Waals surface area contributed by atoms with Gasteiger partial charge in [0.1, 0.15) is 0 Å². The molecule has 0 saturated carbocycles. The zero-order valence-electron chi connectivity index (χ0n) is 7.53. The molecule has 16 heavy (non-hydrogen) atoms. The SMILES string of the molecule is NC(=O)/C=C/c1c(F)c(F)c(F)c(F)c1F. The van der Waals surface area contributed by atoms with Crippen molar-refractivity contribution in [2.45, 2.75) is 0 Å². The van der Waals surface area contributed by atoms with Crippen LogP contribution in [0.2, 0.25) is 0 Å². The first-order chi connectivity index (χ1) is 7.36. The minimum Gasteiger partial charge on any atom is -0.366 e. The number of primary amides is 1. The van der Waals surface area contributed by atoms with Crippen molar-refractivity contribution >= 4 is 12.0 Å². The van der Waals surface area contributed by atoms with E-state index in [2.05, 4.69) is 5.73 Å². The van der Waals surface area contributed by atoms with Crippen molar-refractivity contribution in [2.75, 3.05) is 0 Å². The minimum absolute atomic E-state index is 0.415. The Labute approximate surface area is 86.2 Å². The lowest BCUT2D eigenvalue weighted by atomic mass is 10.1. The van der Waals surface area contributed by atoms with Crippen LogP contribution in [0.5, 0.6) is 0 Å². The molecule has 0 bridgehead atoms. The molecule has 2 N–H and O–H groups in total. The van der Waals surface area contributed by atoms with E-state index in [0.717, 1.165) is 0 Å². The molecule has 0 fully saturated rings. The number of rotatable bonds is 2. The van der Waals surface area contributed by atoms with E-state index in [-0.39, 0.29) is 0 Å². The van der Waals surface area contributed by atoms with E-state index in [1.807, 2.05) is 0 Å². The van der Waals surface area contributed by atoms with Gasteiger partial charge in [0, 0.05) is 6.08 Å². The van der Waals surface area contributed by atoms with Gasteiger partial charge >= 0.3 is 0 Å². The van der Waals surface area contributed by atoms with Gasteiger partial charge in [0.15, 0.2) is 23.3 Å². The number of carbonyl (C=O) groups excluding carboxylic acids is 1. The van der Waals surface area contributed by atoms with Crippen LogP contribution in [0.1, 0.15) is 5.56 Å². The van der Waals surface area contributed by atoms with Crippen LogP contribution in [0.4, 0.5) is 22.0 Å². The fraction of sp³-hybridized carbons (Fsp3) is 0. The van der Waals surface area contributed by atoms with Gasteiger partial charge in [-0.3, -0.25) is 4.79 Å². The number of halogens is 5. The molecule has 0 unspecified atom stereocenters. The first-order valence-corrected chi connectivity index (χ1v) is 3.85. The topological polar surface area (TPSA) is 43.1 Å². The third kappa shape index (κ3) is 2.02. The van der Waals surface area contributed by atoms with Gasteiger partial charge in [-0.05, 0) is 6.08 Å². The second-order valence-corrected chi connectivity index (χ2v) is 2.72. The van der Waals surface area contributed by atoms with Crippen LogP contribution in [-0.4, -0.2) is 5.91 Å². The van der Waals surface area contributed by atoms with Crippen LogP contribution in [-0.2, 0) is 4.79 Å². The summed E-state index contributed by atoms with van der Waals surface area (Å²) in [6, 6.07) is 0. The molecule has 0 spiro atoms. The summed E-state index contributed by atoms with van der Waals surface area (Å²) >= 11 is 0. The first-order valence-electron chi connectivity index (χ1n) is 3.85. The van der Waals surface area contributed by atoms with Gasteiger partial charge in [-0.15, -0.1) is 0 Å². The van der Waals surface area contributed by atoms with Crippen molar-refractivity contribution in [3.63, 3.8) is 0 Å². The van der Waals surface area contributed by atoms with E-state index >= 15 is 0 Å². The average Bonchev–Trinajstić information content (AvgIpc) is 2.23. The second-order valence-electron chi connectivity index (χ2n) is 2.72. The summed E-state index contributed by atoms with van der Waals surface area (Å²) in [5.74, 6) is -11.5. The largest absolute Gasteiger partial charge is 0.366 e. The van der Waals surface area contributed by atoms with Crippen molar-refractivity contribution in [2.24, 2.45) is 5.73 Å². The monoisotopic (exact) mass is 237 g/mol. The van der Waals surface area contributed by atoms with E-state index in [1.54, 1.807) is 0 Å². The molecule has 0 aliphatic rings. The Morgan fingerprint density at radius 2 is 1.25 bits per heavy atom. The molecule has 2 nitrogen and oxygen atoms in total. The Hall–Kier alpha value is -1.92. The van der Waals surface area contributed by atoms with Crippen molar-refractivity contribution < 1.29 is 26.7 Å². The van der Waals surface area contributed by atoms with E-state index in [0.29, 0.717) is 12.2 Å². The number of nitrogens with two attached hydrogens (primary N) is 1. The molecule has 0 atom stereocenters. The zero-order chi connectivity index (χ0) is 12.5. The van der Waals surface area contributed by atoms with E-state index < -0.39 is 40.6 Å². The highest BCUT2D eigenvalue weighted by Crippen LogP contribution is 2.23. The Morgan fingerprint density at radius 1 is 0.875 bits per heavy atom. The number of benzene rings is 1. The van der Waals surface area contributed by atoms with Gasteiger partial charge in [-0.1, -0.05) is 0 Å². The van der Waals surface area contributed by atoms with Crippen LogP contribution in [0.25, 0.3) is 6.08 Å². The highest BCUT2D eigenvalue weighted by molar-refractivity contribution is 5.90. The normalized spacial score (nSPS) is 11.1. The Morgan fingerprint density at radius 3 is 1.62 bits per heavy atom. The Balaban J connectivity index is 3.45. The summed E-state index contributed by atoms with van der Waals surface area (Å²) in [7, 11) is 0. The van der Waals surface area contributed by atoms with E-state index in [4.69, 9.17) is 0 Å². The summed E-state index contributed by atoms with van der Waals surface area (Å²) in [5, 5.41) is 0. The van der Waals surface area contributed by atoms with Crippen LogP contribution < -0.4 is 5.73 Å². The van der Waals surface area contributed by atoms with E-state index in [1.165, 1.54) is 0 Å². The number of carbonyl (C=O) groups is 1. The molecule has 1 amide bonds. The quantitative estimate of drug-likeness (QED) is 0.363. The summed E-state index contributed by atoms with van der Waals surface area (Å²) in [6.07, 6.45) is 0.900. The Kier molecular flexibility index (Phi) is 3.26. The highest BCUT2D eigenvalue weighted by atomic mass is 19.2. The van der Waals surface area contributed by atoms with Gasteiger partial charge < -0.3 is 5.73 Å². The lowest BCUT2D eigenvalue weighted by Crippen LogP contribution is -2.07. The molecule has 1 aromatic carbocycles. The summed E-state index contributed by atoms with van der Waals surface area (Å²) in [5.41, 5.74) is 3.40. The zero-order valence-corrected chi connectivity index (χ0v) is 7.53. The predicted octanol–water partition coefficient (Wildman–Crippen LogP) is 1.88. The van der Waals surface area contributed by atoms with Crippen LogP contribution in [0, 0.1) is 29.1 Å². The lowest BCUT2D eigenvalue weighted by Gasteiger charge is -2.03. The molecule has 0 saturated heterocycles. The molecule has 0 aromatic heterocycles. The van der Waals surface area contributed by atoms with Crippen molar-refractivity contribution in [1.82, 2.24) is 0 Å². The molecule has 0 radical (unpaired) electrons. The maximum atomic E-state index is 12.9. The maximum Gasteiger partial charge on any atom is 0.241 e. The lowest BCUT2D eigenvalue weighted by molar-refractivity contribution is -0.113. The molecule has 86 valence electrons. The second kappa shape index (κ2) is 4.30. The number of hydrogen-bond acceptors (Lipinski definition) is 1. The number of amides is 1. The maximum absolute atomic E-state index is 12.9. The van der Waals surface area contributed by atoms with E-state index in [9.17, 15) is 26.7 Å². The van der Waals surface area contributed by atoms with Gasteiger partial charge in [0.2, 0.25) is 11.7 Å². The summed E-state index contributed by atoms with van der Waals surface area (Å²) in [4.78, 5) is 10.3. The molecular weight excluding hydrogens is 233 g/mol. The Bertz CT molecular complexity index is 454. The highest BCUT2D eigenvalue weighted by Gasteiger charge is 2.24. The molecule has 1 rings (SSSR count). The van der Waals surface area contributed by atoms with Crippen molar-refractivity contribution in [3.05, 3.63) is 40.7 Å². The summed E-state index contributed by atoms with van der Waals surface area (Å²) in [6.45, 7) is 0. The van der Waals surface area contributed by atoms with Crippen LogP contribution in [0.3, 0.4) is 0 Å². The van der Waals surface area contributed by atoms with Gasteiger partial charge in [0.05, 0.1) is 5.56 Å². The van der Waals surface area contributed by atoms with Gasteiger partial charge in [-0.25, -0.2) is 22.0 Å². The fourth-order valence-corrected chi connectivity index (χ4v) is 0.934. The molecule has 0 aliphatic carbocycles. The van der Waals surface area contributed by atoms with Gasteiger partial charge in [-0.2, -0.15) is 0 Å². The molecule has 0 heterocycles. The molecule has 7 heteroatoms. The van der Waals surface area contributed by atoms with Crippen LogP contribution in [0.15, 0.2) is 6.08 Å². The minimum atomic E-state index is -2.26. The molecule has 0 aliphatic heterocycles. The van der Waals surface area contributed by atoms with Crippen molar-refractivity contribution in [1.29, 1.82) is 0 Å². The molecule has 1 aromatic rings. The summed E-state index contributed by atoms with van der Waals surface area (Å²) < 4.78 is 63.6. The third-order valence-electron chi connectivity index (χ3n) is 1.66. The first kappa shape index (κ1) is 12.2. The fourth-order valence-electron chi connectivity index (χ4n) is 0.934. The smallest absolute Gasteiger partial charge is 0.241 e. The predicted molar refractivity (Wildman–Crippen MR) is 44.5 cm³/mol. The van der Waals surface area contributed by atoms with Gasteiger partial charge in [0.25, 0.3) is 0 Å². The number of hydrogen-bond donors (Lipinski definition) is 1.